The third-order valence-electron chi connectivity index (χ3n) is 2.57. The Bertz CT molecular complexity index is 403. The number of para-hydroxylation sites is 2. The van der Waals surface area contributed by atoms with Crippen LogP contribution in [0.25, 0.3) is 0 Å². The van der Waals surface area contributed by atoms with Gasteiger partial charge in [0.25, 0.3) is 5.92 Å². The number of alkyl halides is 2. The molecule has 1 heterocycles. The van der Waals surface area contributed by atoms with Crippen molar-refractivity contribution in [3.05, 3.63) is 24.3 Å². The lowest BCUT2D eigenvalue weighted by molar-refractivity contribution is -0.107. The number of fused-ring (bicyclic) bond motifs is 1. The van der Waals surface area contributed by atoms with Gasteiger partial charge in [0, 0.05) is 6.92 Å². The Morgan fingerprint density at radius 3 is 2.81 bits per heavy atom. The second-order valence-electron chi connectivity index (χ2n) is 3.84. The maximum atomic E-state index is 13.3. The van der Waals surface area contributed by atoms with E-state index in [1.54, 1.807) is 24.3 Å². The number of hydrogen-bond donors (Lipinski definition) is 1. The minimum Gasteiger partial charge on any atom is -0.359 e. The summed E-state index contributed by atoms with van der Waals surface area (Å²) < 4.78 is 26.7. The maximum absolute atomic E-state index is 13.3. The molecule has 0 saturated carbocycles. The number of anilines is 2. The van der Waals surface area contributed by atoms with Crippen molar-refractivity contribution in [3.63, 3.8) is 0 Å². The second kappa shape index (κ2) is 3.73. The van der Waals surface area contributed by atoms with Gasteiger partial charge >= 0.3 is 0 Å². The summed E-state index contributed by atoms with van der Waals surface area (Å²) in [5.41, 5.74) is 1.28. The molecule has 86 valence electrons. The zero-order valence-corrected chi connectivity index (χ0v) is 8.78. The fraction of sp³-hybridized carbons (Fsp3) is 0.364. The van der Waals surface area contributed by atoms with Crippen molar-refractivity contribution in [2.24, 2.45) is 0 Å². The van der Waals surface area contributed by atoms with Crippen LogP contribution in [-0.2, 0) is 4.79 Å². The van der Waals surface area contributed by atoms with Gasteiger partial charge in [0.2, 0.25) is 0 Å². The molecule has 0 saturated heterocycles. The van der Waals surface area contributed by atoms with E-state index in [4.69, 9.17) is 0 Å². The molecule has 2 rings (SSSR count). The predicted molar refractivity (Wildman–Crippen MR) is 57.9 cm³/mol. The van der Waals surface area contributed by atoms with Gasteiger partial charge in [0.1, 0.15) is 6.29 Å². The van der Waals surface area contributed by atoms with Gasteiger partial charge < -0.3 is 15.0 Å². The van der Waals surface area contributed by atoms with Crippen LogP contribution in [0, 0.1) is 0 Å². The molecule has 3 nitrogen and oxygen atoms in total. The highest BCUT2D eigenvalue weighted by Gasteiger charge is 2.43. The quantitative estimate of drug-likeness (QED) is 0.801. The van der Waals surface area contributed by atoms with Crippen molar-refractivity contribution in [1.82, 2.24) is 0 Å². The number of nitrogens with one attached hydrogen (secondary N) is 1. The van der Waals surface area contributed by atoms with Gasteiger partial charge in [0.15, 0.2) is 6.17 Å². The van der Waals surface area contributed by atoms with Crippen LogP contribution in [-0.4, -0.2) is 24.9 Å². The lowest BCUT2D eigenvalue weighted by atomic mass is 10.2. The molecule has 0 radical (unpaired) electrons. The average Bonchev–Trinajstić information content (AvgIpc) is 2.58. The third kappa shape index (κ3) is 1.73. The highest BCUT2D eigenvalue weighted by Crippen LogP contribution is 2.38. The Morgan fingerprint density at radius 1 is 1.50 bits per heavy atom. The van der Waals surface area contributed by atoms with Crippen LogP contribution < -0.4 is 10.2 Å². The van der Waals surface area contributed by atoms with E-state index in [1.807, 2.05) is 0 Å². The van der Waals surface area contributed by atoms with Crippen LogP contribution in [0.1, 0.15) is 6.92 Å². The van der Waals surface area contributed by atoms with Crippen molar-refractivity contribution in [3.8, 4) is 0 Å². The van der Waals surface area contributed by atoms with E-state index >= 15 is 0 Å². The van der Waals surface area contributed by atoms with Crippen molar-refractivity contribution in [2.45, 2.75) is 19.0 Å². The van der Waals surface area contributed by atoms with Crippen LogP contribution in [0.3, 0.4) is 0 Å². The van der Waals surface area contributed by atoms with E-state index in [2.05, 4.69) is 5.32 Å². The number of hydrogen-bond acceptors (Lipinski definition) is 3. The smallest absolute Gasteiger partial charge is 0.283 e. The molecular formula is C11H12F2N2O. The molecule has 0 aliphatic carbocycles. The molecule has 1 aromatic rings. The second-order valence-corrected chi connectivity index (χ2v) is 3.84. The summed E-state index contributed by atoms with van der Waals surface area (Å²) in [5, 5.41) is 2.73. The molecule has 1 aliphatic rings. The number of carbonyl (C=O) groups excluding carboxylic acids is 1. The number of halogens is 2. The largest absolute Gasteiger partial charge is 0.359 e. The normalized spacial score (nSPS) is 19.2. The zero-order valence-electron chi connectivity index (χ0n) is 8.78. The first kappa shape index (κ1) is 10.9. The third-order valence-corrected chi connectivity index (χ3v) is 2.57. The van der Waals surface area contributed by atoms with Crippen molar-refractivity contribution >= 4 is 17.7 Å². The summed E-state index contributed by atoms with van der Waals surface area (Å²) >= 11 is 0. The van der Waals surface area contributed by atoms with E-state index in [0.717, 1.165) is 6.92 Å². The predicted octanol–water partition coefficient (Wildman–Crippen LogP) is 2.10. The average molecular weight is 226 g/mol. The molecule has 0 amide bonds. The molecule has 1 unspecified atom stereocenters. The SMILES string of the molecule is CC(F)(F)C1Nc2ccccc2N1CC=O. The summed E-state index contributed by atoms with van der Waals surface area (Å²) in [7, 11) is 0. The highest BCUT2D eigenvalue weighted by molar-refractivity contribution is 5.79. The minimum absolute atomic E-state index is 0.0435. The molecule has 1 atom stereocenters. The van der Waals surface area contributed by atoms with Crippen LogP contribution in [0.2, 0.25) is 0 Å². The monoisotopic (exact) mass is 226 g/mol. The van der Waals surface area contributed by atoms with Gasteiger partial charge in [-0.2, -0.15) is 0 Å². The Morgan fingerprint density at radius 2 is 2.19 bits per heavy atom. The topological polar surface area (TPSA) is 32.3 Å². The Labute approximate surface area is 92.1 Å². The van der Waals surface area contributed by atoms with E-state index in [0.29, 0.717) is 17.7 Å². The van der Waals surface area contributed by atoms with Gasteiger partial charge in [-0.3, -0.25) is 0 Å². The van der Waals surface area contributed by atoms with Crippen LogP contribution in [0.5, 0.6) is 0 Å². The summed E-state index contributed by atoms with van der Waals surface area (Å²) in [5.74, 6) is -2.91. The Kier molecular flexibility index (Phi) is 2.53. The van der Waals surface area contributed by atoms with Crippen LogP contribution in [0.15, 0.2) is 24.3 Å². The highest BCUT2D eigenvalue weighted by atomic mass is 19.3. The lowest BCUT2D eigenvalue weighted by Crippen LogP contribution is -2.48. The minimum atomic E-state index is -2.91. The molecule has 0 bridgehead atoms. The van der Waals surface area contributed by atoms with E-state index in [9.17, 15) is 13.6 Å². The van der Waals surface area contributed by atoms with Crippen molar-refractivity contribution in [1.29, 1.82) is 0 Å². The summed E-state index contributed by atoms with van der Waals surface area (Å²) in [4.78, 5) is 11.9. The summed E-state index contributed by atoms with van der Waals surface area (Å²) in [6.07, 6.45) is -0.530. The Hall–Kier alpha value is -1.65. The molecule has 1 aromatic carbocycles. The number of rotatable bonds is 3. The van der Waals surface area contributed by atoms with Gasteiger partial charge in [-0.15, -0.1) is 0 Å². The lowest BCUT2D eigenvalue weighted by Gasteiger charge is -2.29. The van der Waals surface area contributed by atoms with Gasteiger partial charge in [-0.1, -0.05) is 12.1 Å². The van der Waals surface area contributed by atoms with Crippen molar-refractivity contribution in [2.75, 3.05) is 16.8 Å². The zero-order chi connectivity index (χ0) is 11.8. The maximum Gasteiger partial charge on any atom is 0.283 e. The first-order valence-corrected chi connectivity index (χ1v) is 4.97. The molecule has 1 aliphatic heterocycles. The summed E-state index contributed by atoms with van der Waals surface area (Å²) in [6.45, 7) is 0.798. The Balaban J connectivity index is 2.37. The van der Waals surface area contributed by atoms with Crippen LogP contribution in [0.4, 0.5) is 20.2 Å². The number of aldehydes is 1. The molecule has 0 spiro atoms. The van der Waals surface area contributed by atoms with E-state index in [1.165, 1.54) is 4.90 Å². The number of nitrogens with zero attached hydrogens (tertiary/aromatic N) is 1. The molecular weight excluding hydrogens is 214 g/mol. The fourth-order valence-electron chi connectivity index (χ4n) is 1.89. The number of benzene rings is 1. The van der Waals surface area contributed by atoms with Gasteiger partial charge in [-0.25, -0.2) is 8.78 Å². The van der Waals surface area contributed by atoms with Gasteiger partial charge in [0.05, 0.1) is 17.9 Å². The first-order valence-electron chi connectivity index (χ1n) is 4.97. The van der Waals surface area contributed by atoms with Crippen molar-refractivity contribution < 1.29 is 13.6 Å². The first-order chi connectivity index (χ1) is 7.54. The fourth-order valence-corrected chi connectivity index (χ4v) is 1.89. The van der Waals surface area contributed by atoms with Gasteiger partial charge in [-0.05, 0) is 12.1 Å². The number of carbonyl (C=O) groups is 1. The molecule has 0 fully saturated rings. The van der Waals surface area contributed by atoms with Crippen LogP contribution >= 0.6 is 0 Å². The molecule has 5 heteroatoms. The van der Waals surface area contributed by atoms with E-state index in [-0.39, 0.29) is 6.54 Å². The standard InChI is InChI=1S/C11H12F2N2O/c1-11(12,13)10-14-8-4-2-3-5-9(8)15(10)6-7-16/h2-5,7,10,14H,6H2,1H3. The van der Waals surface area contributed by atoms with E-state index < -0.39 is 12.1 Å². The molecule has 16 heavy (non-hydrogen) atoms. The summed E-state index contributed by atoms with van der Waals surface area (Å²) in [6, 6.07) is 6.96. The molecule has 1 N–H and O–H groups in total. The molecule has 0 aromatic heterocycles.